The van der Waals surface area contributed by atoms with Crippen molar-refractivity contribution in [1.29, 1.82) is 0 Å². The van der Waals surface area contributed by atoms with Crippen LogP contribution in [0.5, 0.6) is 0 Å². The predicted molar refractivity (Wildman–Crippen MR) is 274 cm³/mol. The average molecular weight is 1030 g/mol. The SMILES string of the molecule is CCCCCCC[C@@H](O)CC(=O)N[C@H](CO)C(=O)N[C@H]1CCNC(=O)[C@H](CC(C)C)NC(=O)[C@H](CCN)NC(=O)[C@H](CCN)NC(=O)[C@H](CC(C)C)NC(=O)[C@@H](Cc2ccccc2)NC(=O)[C@H](CCN)NC1=O. The molecule has 0 saturated carbocycles. The van der Waals surface area contributed by atoms with Crippen molar-refractivity contribution in [3.05, 3.63) is 35.9 Å². The molecular formula is C50H86N12O11. The van der Waals surface area contributed by atoms with E-state index in [1.54, 1.807) is 30.3 Å². The number of carbonyl (C=O) groups excluding carboxylic acids is 9. The van der Waals surface area contributed by atoms with Crippen molar-refractivity contribution < 1.29 is 53.4 Å². The topological polar surface area (TPSA) is 380 Å². The van der Waals surface area contributed by atoms with Gasteiger partial charge in [0.05, 0.1) is 19.1 Å². The highest BCUT2D eigenvalue weighted by molar-refractivity contribution is 5.98. The van der Waals surface area contributed by atoms with E-state index in [-0.39, 0.29) is 89.4 Å². The second-order valence-corrected chi connectivity index (χ2v) is 19.6. The molecule has 1 heterocycles. The van der Waals surface area contributed by atoms with Crippen molar-refractivity contribution >= 4 is 53.2 Å². The van der Waals surface area contributed by atoms with Gasteiger partial charge in [-0.05, 0) is 82.0 Å². The zero-order chi connectivity index (χ0) is 54.5. The summed E-state index contributed by atoms with van der Waals surface area (Å²) >= 11 is 0. The van der Waals surface area contributed by atoms with Crippen molar-refractivity contribution in [2.45, 2.75) is 179 Å². The maximum absolute atomic E-state index is 14.3. The van der Waals surface area contributed by atoms with Gasteiger partial charge < -0.3 is 75.3 Å². The van der Waals surface area contributed by atoms with Crippen LogP contribution in [0.2, 0.25) is 0 Å². The van der Waals surface area contributed by atoms with E-state index in [2.05, 4.69) is 54.8 Å². The number of aliphatic hydroxyl groups is 2. The molecule has 1 aromatic carbocycles. The zero-order valence-corrected chi connectivity index (χ0v) is 43.5. The van der Waals surface area contributed by atoms with Gasteiger partial charge in [-0.15, -0.1) is 0 Å². The van der Waals surface area contributed by atoms with E-state index < -0.39 is 114 Å². The molecule has 9 atom stereocenters. The summed E-state index contributed by atoms with van der Waals surface area (Å²) in [5, 5.41) is 44.3. The number of nitrogens with two attached hydrogens (primary N) is 3. The molecule has 0 bridgehead atoms. The molecule has 412 valence electrons. The van der Waals surface area contributed by atoms with Crippen LogP contribution in [-0.4, -0.2) is 151 Å². The van der Waals surface area contributed by atoms with E-state index in [1.165, 1.54) is 0 Å². The van der Waals surface area contributed by atoms with Crippen LogP contribution in [0.1, 0.15) is 124 Å². The molecule has 1 aromatic rings. The van der Waals surface area contributed by atoms with E-state index in [1.807, 2.05) is 27.7 Å². The molecule has 0 aromatic heterocycles. The molecule has 0 unspecified atom stereocenters. The lowest BCUT2D eigenvalue weighted by atomic mass is 10.00. The third kappa shape index (κ3) is 24.2. The lowest BCUT2D eigenvalue weighted by Gasteiger charge is -2.28. The van der Waals surface area contributed by atoms with Crippen molar-refractivity contribution in [1.82, 2.24) is 47.9 Å². The molecule has 0 spiro atoms. The highest BCUT2D eigenvalue weighted by atomic mass is 16.3. The molecule has 17 N–H and O–H groups in total. The van der Waals surface area contributed by atoms with Gasteiger partial charge in [-0.25, -0.2) is 0 Å². The van der Waals surface area contributed by atoms with E-state index in [0.29, 0.717) is 18.4 Å². The molecule has 1 aliphatic heterocycles. The third-order valence-corrected chi connectivity index (χ3v) is 12.1. The Kier molecular flexibility index (Phi) is 30.1. The Bertz CT molecular complexity index is 1910. The van der Waals surface area contributed by atoms with Crippen LogP contribution in [0.15, 0.2) is 30.3 Å². The highest BCUT2D eigenvalue weighted by Crippen LogP contribution is 2.13. The molecule has 0 aliphatic carbocycles. The smallest absolute Gasteiger partial charge is 0.245 e. The fourth-order valence-corrected chi connectivity index (χ4v) is 8.16. The molecule has 1 saturated heterocycles. The fraction of sp³-hybridized carbons (Fsp3) is 0.700. The van der Waals surface area contributed by atoms with Crippen LogP contribution < -0.4 is 65.1 Å². The summed E-state index contributed by atoms with van der Waals surface area (Å²) in [5.74, 6) is -7.55. The van der Waals surface area contributed by atoms with Gasteiger partial charge in [0.15, 0.2) is 0 Å². The maximum Gasteiger partial charge on any atom is 0.245 e. The van der Waals surface area contributed by atoms with Gasteiger partial charge in [0, 0.05) is 13.0 Å². The van der Waals surface area contributed by atoms with Gasteiger partial charge in [-0.1, -0.05) is 97.1 Å². The second kappa shape index (κ2) is 34.6. The Morgan fingerprint density at radius 3 is 1.58 bits per heavy atom. The van der Waals surface area contributed by atoms with Crippen LogP contribution in [0.4, 0.5) is 0 Å². The quantitative estimate of drug-likeness (QED) is 0.0492. The molecule has 0 radical (unpaired) electrons. The number of hydrogen-bond acceptors (Lipinski definition) is 14. The van der Waals surface area contributed by atoms with Gasteiger partial charge in [0.1, 0.15) is 48.3 Å². The molecule has 1 aliphatic rings. The van der Waals surface area contributed by atoms with Gasteiger partial charge in [-0.2, -0.15) is 0 Å². The number of carbonyl (C=O) groups is 9. The van der Waals surface area contributed by atoms with E-state index in [4.69, 9.17) is 17.2 Å². The summed E-state index contributed by atoms with van der Waals surface area (Å²) < 4.78 is 0. The second-order valence-electron chi connectivity index (χ2n) is 19.6. The number of rotatable bonds is 24. The summed E-state index contributed by atoms with van der Waals surface area (Å²) in [6.45, 7) is 7.92. The van der Waals surface area contributed by atoms with Gasteiger partial charge in [-0.3, -0.25) is 43.2 Å². The largest absolute Gasteiger partial charge is 0.394 e. The lowest BCUT2D eigenvalue weighted by Crippen LogP contribution is -2.61. The summed E-state index contributed by atoms with van der Waals surface area (Å²) in [6.07, 6.45) is 3.23. The van der Waals surface area contributed by atoms with Crippen molar-refractivity contribution in [2.75, 3.05) is 32.8 Å². The minimum Gasteiger partial charge on any atom is -0.394 e. The number of amides is 9. The van der Waals surface area contributed by atoms with Crippen LogP contribution in [0.3, 0.4) is 0 Å². The molecule has 73 heavy (non-hydrogen) atoms. The van der Waals surface area contributed by atoms with Crippen LogP contribution in [0.25, 0.3) is 0 Å². The van der Waals surface area contributed by atoms with Crippen molar-refractivity contribution in [3.8, 4) is 0 Å². The van der Waals surface area contributed by atoms with E-state index in [9.17, 15) is 53.4 Å². The number of hydrogen-bond donors (Lipinski definition) is 14. The standard InChI is InChI=1S/C50H86N12O11/c1-6-7-8-9-13-16-33(64)28-42(65)55-41(29-63)50(73)59-37-20-24-54-43(66)38(25-30(2)3)60-45(68)35(18-22-52)56-44(67)34(17-21-51)58-48(71)39(26-31(4)5)61-49(72)40(27-32-14-11-10-12-15-32)62-46(69)36(19-23-53)57-47(37)70/h10-12,14-15,30-31,33-41,63-64H,6-9,13,16-29,51-53H2,1-5H3,(H,54,66)(H,55,65)(H,56,67)(H,57,70)(H,58,71)(H,59,73)(H,60,68)(H,61,72)(H,62,69)/t33-,34+,35+,36+,37+,38+,39+,40-,41-/m1/s1. The molecule has 1 fully saturated rings. The van der Waals surface area contributed by atoms with Gasteiger partial charge in [0.2, 0.25) is 53.2 Å². The number of nitrogens with one attached hydrogen (secondary N) is 9. The maximum atomic E-state index is 14.3. The molecular weight excluding hydrogens is 945 g/mol. The number of benzene rings is 1. The number of aliphatic hydroxyl groups excluding tert-OH is 2. The molecule has 9 amide bonds. The molecule has 23 heteroatoms. The Morgan fingerprint density at radius 1 is 0.630 bits per heavy atom. The fourth-order valence-electron chi connectivity index (χ4n) is 8.16. The van der Waals surface area contributed by atoms with Crippen LogP contribution in [-0.2, 0) is 49.6 Å². The minimum atomic E-state index is -1.58. The Morgan fingerprint density at radius 2 is 1.08 bits per heavy atom. The first kappa shape index (κ1) is 63.4. The highest BCUT2D eigenvalue weighted by Gasteiger charge is 2.35. The summed E-state index contributed by atoms with van der Waals surface area (Å²) in [4.78, 5) is 125. The van der Waals surface area contributed by atoms with Crippen molar-refractivity contribution in [3.63, 3.8) is 0 Å². The zero-order valence-electron chi connectivity index (χ0n) is 43.5. The van der Waals surface area contributed by atoms with Gasteiger partial charge in [0.25, 0.3) is 0 Å². The third-order valence-electron chi connectivity index (χ3n) is 12.1. The van der Waals surface area contributed by atoms with Crippen LogP contribution >= 0.6 is 0 Å². The first-order valence-electron chi connectivity index (χ1n) is 25.9. The molecule has 2 rings (SSSR count). The number of unbranched alkanes of at least 4 members (excludes halogenated alkanes) is 4. The predicted octanol–water partition coefficient (Wildman–Crippen LogP) is -2.13. The summed E-state index contributed by atoms with van der Waals surface area (Å²) in [5.41, 5.74) is 18.3. The van der Waals surface area contributed by atoms with Crippen LogP contribution in [0, 0.1) is 11.8 Å². The Balaban J connectivity index is 2.66. The molecule has 23 nitrogen and oxygen atoms in total. The van der Waals surface area contributed by atoms with E-state index in [0.717, 1.165) is 25.7 Å². The minimum absolute atomic E-state index is 0.0525. The Labute approximate surface area is 429 Å². The first-order valence-corrected chi connectivity index (χ1v) is 25.9. The first-order chi connectivity index (χ1) is 34.8. The normalized spacial score (nSPS) is 23.2. The van der Waals surface area contributed by atoms with Gasteiger partial charge >= 0.3 is 0 Å². The van der Waals surface area contributed by atoms with Crippen molar-refractivity contribution in [2.24, 2.45) is 29.0 Å². The summed E-state index contributed by atoms with van der Waals surface area (Å²) in [6, 6.07) is -2.12. The Hall–Kier alpha value is -5.75. The van der Waals surface area contributed by atoms with E-state index >= 15 is 0 Å². The summed E-state index contributed by atoms with van der Waals surface area (Å²) in [7, 11) is 0. The average Bonchev–Trinajstić information content (AvgIpc) is 3.33. The lowest BCUT2D eigenvalue weighted by molar-refractivity contribution is -0.136. The monoisotopic (exact) mass is 1030 g/mol.